The van der Waals surface area contributed by atoms with Gasteiger partial charge in [-0.1, -0.05) is 169 Å². The molecule has 0 aliphatic rings. The van der Waals surface area contributed by atoms with Crippen LogP contribution in [0.25, 0.3) is 0 Å². The number of rotatable bonds is 41. The number of ether oxygens (including phenoxy) is 3. The lowest BCUT2D eigenvalue weighted by atomic mass is 10.1. The maximum absolute atomic E-state index is 12.7. The summed E-state index contributed by atoms with van der Waals surface area (Å²) in [6.07, 6.45) is 57.3. The number of carbonyl (C=O) groups is 3. The summed E-state index contributed by atoms with van der Waals surface area (Å²) in [5.41, 5.74) is 0. The van der Waals surface area contributed by atoms with E-state index in [1.54, 1.807) is 21.1 Å². The average molecular weight is 850 g/mol. The molecule has 0 aromatic rings. The van der Waals surface area contributed by atoms with E-state index in [1.165, 1.54) is 44.9 Å². The molecule has 0 aromatic heterocycles. The van der Waals surface area contributed by atoms with Crippen molar-refractivity contribution in [3.05, 3.63) is 97.2 Å². The Morgan fingerprint density at radius 3 is 1.49 bits per heavy atom. The summed E-state index contributed by atoms with van der Waals surface area (Å²) in [5, 5.41) is 11.6. The monoisotopic (exact) mass is 850 g/mol. The molecular formula is C53H87NO7. The van der Waals surface area contributed by atoms with Gasteiger partial charge in [-0.3, -0.25) is 9.59 Å². The molecule has 0 radical (unpaired) electrons. The van der Waals surface area contributed by atoms with Gasteiger partial charge in [0.15, 0.2) is 6.10 Å². The fourth-order valence-corrected chi connectivity index (χ4v) is 6.32. The number of carbonyl (C=O) groups excluding carboxylic acids is 3. The first-order valence-electron chi connectivity index (χ1n) is 23.8. The lowest BCUT2D eigenvalue weighted by Gasteiger charge is -2.34. The van der Waals surface area contributed by atoms with Crippen LogP contribution in [0.1, 0.15) is 168 Å². The lowest BCUT2D eigenvalue weighted by molar-refractivity contribution is -0.889. The fourth-order valence-electron chi connectivity index (χ4n) is 6.32. The highest BCUT2D eigenvalue weighted by atomic mass is 16.6. The summed E-state index contributed by atoms with van der Waals surface area (Å²) in [6.45, 7) is 4.43. The number of hydrogen-bond acceptors (Lipinski definition) is 7. The number of esters is 2. The number of allylic oxidation sites excluding steroid dienone is 16. The standard InChI is InChI=1S/C53H87NO7/c1-6-8-10-12-14-16-18-20-22-24-26-28-29-31-33-35-37-39-41-43-51(55)60-48-49(47-59-46-45-50(53(57)58)54(3,4)5)61-52(56)44-42-40-38-36-34-32-30-27-25-23-21-19-17-15-13-11-9-7-2/h8,10,14,16,20,22-23,25-28,30-31,33,37,39,49-50H,6-7,9,11-13,15,17-19,21,24,29,32,34-36,38,40-48H2,1-5H3/b10-8+,16-14+,22-20+,25-23+,28-26+,30-27+,33-31+,39-37+. The van der Waals surface area contributed by atoms with E-state index in [2.05, 4.69) is 98.9 Å². The van der Waals surface area contributed by atoms with Crippen molar-refractivity contribution in [2.24, 2.45) is 0 Å². The van der Waals surface area contributed by atoms with E-state index in [0.717, 1.165) is 83.5 Å². The molecule has 2 unspecified atom stereocenters. The third-order valence-corrected chi connectivity index (χ3v) is 10.00. The molecule has 8 nitrogen and oxygen atoms in total. The van der Waals surface area contributed by atoms with E-state index in [4.69, 9.17) is 14.2 Å². The third kappa shape index (κ3) is 41.4. The molecule has 0 heterocycles. The number of aliphatic carboxylic acids is 1. The minimum absolute atomic E-state index is 0.00487. The zero-order valence-electron chi connectivity index (χ0n) is 39.3. The number of carboxylic acid groups (broad SMARTS) is 1. The van der Waals surface area contributed by atoms with Gasteiger partial charge >= 0.3 is 11.9 Å². The molecule has 8 heteroatoms. The molecule has 0 fully saturated rings. The van der Waals surface area contributed by atoms with Crippen LogP contribution in [-0.2, 0) is 28.6 Å². The minimum Gasteiger partial charge on any atom is -0.544 e. The van der Waals surface area contributed by atoms with Crippen molar-refractivity contribution in [1.82, 2.24) is 0 Å². The van der Waals surface area contributed by atoms with Crippen molar-refractivity contribution in [2.45, 2.75) is 180 Å². The SMILES string of the molecule is CC/C=C/C/C=C/C/C=C/C/C=C/C/C=C/C/C=C/CCC(=O)OCC(COCCC(C(=O)[O-])[N+](C)(C)C)OC(=O)CCCCCCC/C=C/C=C/CCCCCCCCC. The highest BCUT2D eigenvalue weighted by Gasteiger charge is 2.25. The van der Waals surface area contributed by atoms with Crippen LogP contribution in [0.15, 0.2) is 97.2 Å². The topological polar surface area (TPSA) is 102 Å². The fraction of sp³-hybridized carbons (Fsp3) is 0.642. The molecule has 0 spiro atoms. The van der Waals surface area contributed by atoms with Gasteiger partial charge < -0.3 is 28.6 Å². The van der Waals surface area contributed by atoms with Gasteiger partial charge in [-0.25, -0.2) is 0 Å². The van der Waals surface area contributed by atoms with Crippen LogP contribution in [-0.4, -0.2) is 75.5 Å². The van der Waals surface area contributed by atoms with Crippen molar-refractivity contribution in [3.8, 4) is 0 Å². The number of carboxylic acids is 1. The van der Waals surface area contributed by atoms with E-state index < -0.39 is 18.1 Å². The predicted octanol–water partition coefficient (Wildman–Crippen LogP) is 12.1. The van der Waals surface area contributed by atoms with Gasteiger partial charge in [0.25, 0.3) is 0 Å². The van der Waals surface area contributed by atoms with Gasteiger partial charge in [-0.15, -0.1) is 0 Å². The summed E-state index contributed by atoms with van der Waals surface area (Å²) < 4.78 is 17.1. The molecule has 0 bridgehead atoms. The van der Waals surface area contributed by atoms with Gasteiger partial charge in [0.2, 0.25) is 0 Å². The number of quaternary nitrogens is 1. The Kier molecular flexibility index (Phi) is 40.3. The Bertz CT molecular complexity index is 1310. The summed E-state index contributed by atoms with van der Waals surface area (Å²) in [7, 11) is 5.37. The smallest absolute Gasteiger partial charge is 0.306 e. The zero-order chi connectivity index (χ0) is 44.9. The molecular weight excluding hydrogens is 763 g/mol. The Hall–Kier alpha value is -3.75. The maximum Gasteiger partial charge on any atom is 0.306 e. The largest absolute Gasteiger partial charge is 0.544 e. The van der Waals surface area contributed by atoms with E-state index in [9.17, 15) is 19.5 Å². The molecule has 0 N–H and O–H groups in total. The normalized spacial score (nSPS) is 13.8. The minimum atomic E-state index is -1.14. The second-order valence-electron chi connectivity index (χ2n) is 16.6. The molecule has 0 aromatic carbocycles. The Morgan fingerprint density at radius 2 is 1.00 bits per heavy atom. The average Bonchev–Trinajstić information content (AvgIpc) is 3.22. The van der Waals surface area contributed by atoms with Crippen molar-refractivity contribution in [3.63, 3.8) is 0 Å². The van der Waals surface area contributed by atoms with Crippen LogP contribution >= 0.6 is 0 Å². The van der Waals surface area contributed by atoms with Gasteiger partial charge in [-0.05, 0) is 77.0 Å². The first-order chi connectivity index (χ1) is 29.6. The van der Waals surface area contributed by atoms with Gasteiger partial charge in [0.05, 0.1) is 40.3 Å². The first kappa shape index (κ1) is 57.2. The van der Waals surface area contributed by atoms with Gasteiger partial charge in [-0.2, -0.15) is 0 Å². The van der Waals surface area contributed by atoms with Crippen molar-refractivity contribution in [1.29, 1.82) is 0 Å². The Balaban J connectivity index is 4.47. The number of nitrogens with zero attached hydrogens (tertiary/aromatic N) is 1. The predicted molar refractivity (Wildman–Crippen MR) is 254 cm³/mol. The highest BCUT2D eigenvalue weighted by molar-refractivity contribution is 5.70. The lowest BCUT2D eigenvalue weighted by Crippen LogP contribution is -2.55. The van der Waals surface area contributed by atoms with E-state index in [0.29, 0.717) is 6.42 Å². The molecule has 0 saturated carbocycles. The van der Waals surface area contributed by atoms with Crippen LogP contribution in [0.3, 0.4) is 0 Å². The van der Waals surface area contributed by atoms with Crippen molar-refractivity contribution in [2.75, 3.05) is 41.0 Å². The van der Waals surface area contributed by atoms with E-state index in [1.807, 2.05) is 12.2 Å². The van der Waals surface area contributed by atoms with Crippen LogP contribution in [0.2, 0.25) is 0 Å². The summed E-state index contributed by atoms with van der Waals surface area (Å²) in [4.78, 5) is 36.9. The Labute approximate surface area is 373 Å². The van der Waals surface area contributed by atoms with Crippen LogP contribution in [0.5, 0.6) is 0 Å². The molecule has 0 rings (SSSR count). The number of likely N-dealkylation sites (N-methyl/N-ethyl adjacent to an activating group) is 1. The molecule has 2 atom stereocenters. The first-order valence-corrected chi connectivity index (χ1v) is 23.8. The molecule has 0 saturated heterocycles. The Morgan fingerprint density at radius 1 is 0.525 bits per heavy atom. The molecule has 346 valence electrons. The van der Waals surface area contributed by atoms with Crippen LogP contribution < -0.4 is 5.11 Å². The second-order valence-corrected chi connectivity index (χ2v) is 16.6. The highest BCUT2D eigenvalue weighted by Crippen LogP contribution is 2.12. The summed E-state index contributed by atoms with van der Waals surface area (Å²) >= 11 is 0. The molecule has 0 aliphatic heterocycles. The number of hydrogen-bond donors (Lipinski definition) is 0. The number of unbranched alkanes of at least 4 members (excludes halogenated alkanes) is 12. The molecule has 0 aliphatic carbocycles. The summed E-state index contributed by atoms with van der Waals surface area (Å²) in [6, 6.07) is -0.745. The second kappa shape index (κ2) is 42.9. The molecule has 0 amide bonds. The van der Waals surface area contributed by atoms with Crippen molar-refractivity contribution >= 4 is 17.9 Å². The summed E-state index contributed by atoms with van der Waals surface area (Å²) in [5.74, 6) is -1.87. The van der Waals surface area contributed by atoms with Gasteiger partial charge in [0.1, 0.15) is 12.6 Å². The van der Waals surface area contributed by atoms with Crippen LogP contribution in [0.4, 0.5) is 0 Å². The van der Waals surface area contributed by atoms with E-state index in [-0.39, 0.29) is 55.5 Å². The molecule has 61 heavy (non-hydrogen) atoms. The quantitative estimate of drug-likeness (QED) is 0.0198. The third-order valence-electron chi connectivity index (χ3n) is 10.00. The van der Waals surface area contributed by atoms with E-state index >= 15 is 0 Å². The van der Waals surface area contributed by atoms with Crippen LogP contribution in [0, 0.1) is 0 Å². The van der Waals surface area contributed by atoms with Crippen molar-refractivity contribution < 1.29 is 38.2 Å². The maximum atomic E-state index is 12.7. The van der Waals surface area contributed by atoms with Gasteiger partial charge in [0, 0.05) is 19.3 Å². The zero-order valence-corrected chi connectivity index (χ0v) is 39.3.